The first-order chi connectivity index (χ1) is 8.46. The average Bonchev–Trinajstić information content (AvgIpc) is 2.60. The molecular formula is C13H10FNO3. The van der Waals surface area contributed by atoms with Crippen molar-refractivity contribution in [2.45, 2.75) is 5.67 Å². The van der Waals surface area contributed by atoms with E-state index in [0.29, 0.717) is 11.3 Å². The number of rotatable bonds is 1. The molecule has 0 aliphatic carbocycles. The molecule has 18 heavy (non-hydrogen) atoms. The summed E-state index contributed by atoms with van der Waals surface area (Å²) < 4.78 is 19.1. The lowest BCUT2D eigenvalue weighted by Crippen LogP contribution is -2.42. The van der Waals surface area contributed by atoms with Crippen LogP contribution < -0.4 is 4.90 Å². The normalized spacial score (nSPS) is 21.4. The molecule has 1 atom stereocenters. The molecule has 5 heteroatoms. The first-order valence-electron chi connectivity index (χ1n) is 5.13. The number of hydrogen-bond donors (Lipinski definition) is 0. The van der Waals surface area contributed by atoms with Gasteiger partial charge < -0.3 is 9.64 Å². The second-order valence-corrected chi connectivity index (χ2v) is 3.89. The van der Waals surface area contributed by atoms with Crippen molar-refractivity contribution in [2.24, 2.45) is 0 Å². The first-order valence-corrected chi connectivity index (χ1v) is 5.13. The van der Waals surface area contributed by atoms with Crippen LogP contribution in [0.15, 0.2) is 18.2 Å². The van der Waals surface area contributed by atoms with Crippen LogP contribution in [0.4, 0.5) is 10.1 Å². The molecule has 0 radical (unpaired) electrons. The van der Waals surface area contributed by atoms with E-state index in [1.54, 1.807) is 6.07 Å². The fourth-order valence-electron chi connectivity index (χ4n) is 1.99. The van der Waals surface area contributed by atoms with Crippen molar-refractivity contribution in [1.29, 1.82) is 0 Å². The maximum Gasteiger partial charge on any atom is 0.358 e. The summed E-state index contributed by atoms with van der Waals surface area (Å²) in [4.78, 5) is 24.5. The second kappa shape index (κ2) is 3.84. The Labute approximate surface area is 103 Å². The number of alkyl halides is 1. The summed E-state index contributed by atoms with van der Waals surface area (Å²) in [5.41, 5.74) is -2.18. The Bertz CT molecular complexity index is 590. The Hall–Kier alpha value is -2.35. The molecule has 0 bridgehead atoms. The van der Waals surface area contributed by atoms with E-state index >= 15 is 0 Å². The Morgan fingerprint density at radius 2 is 2.22 bits per heavy atom. The van der Waals surface area contributed by atoms with Gasteiger partial charge in [0.2, 0.25) is 0 Å². The number of nitrogens with zero attached hydrogens (tertiary/aromatic N) is 1. The molecule has 1 aromatic carbocycles. The monoisotopic (exact) mass is 247 g/mol. The van der Waals surface area contributed by atoms with Gasteiger partial charge in [0.05, 0.1) is 12.8 Å². The van der Waals surface area contributed by atoms with Gasteiger partial charge in [-0.15, -0.1) is 6.42 Å². The summed E-state index contributed by atoms with van der Waals surface area (Å²) in [5, 5.41) is 0. The molecule has 0 N–H and O–H groups in total. The van der Waals surface area contributed by atoms with Gasteiger partial charge in [-0.05, 0) is 18.2 Å². The van der Waals surface area contributed by atoms with E-state index in [1.807, 2.05) is 0 Å². The zero-order valence-corrected chi connectivity index (χ0v) is 9.86. The van der Waals surface area contributed by atoms with Crippen LogP contribution in [0.5, 0.6) is 0 Å². The highest BCUT2D eigenvalue weighted by Gasteiger charge is 2.57. The molecule has 92 valence electrons. The molecule has 1 aromatic rings. The van der Waals surface area contributed by atoms with Gasteiger partial charge in [0.25, 0.3) is 5.91 Å². The number of likely N-dealkylation sites (N-methyl/N-ethyl adjacent to an activating group) is 1. The summed E-state index contributed by atoms with van der Waals surface area (Å²) in [6.07, 6.45) is 5.22. The summed E-state index contributed by atoms with van der Waals surface area (Å²) in [5.74, 6) is 0.116. The van der Waals surface area contributed by atoms with Crippen molar-refractivity contribution in [3.8, 4) is 12.3 Å². The van der Waals surface area contributed by atoms with Gasteiger partial charge in [-0.25, -0.2) is 9.18 Å². The molecule has 0 aromatic heterocycles. The largest absolute Gasteiger partial charge is 0.466 e. The van der Waals surface area contributed by atoms with Crippen LogP contribution in [0.2, 0.25) is 0 Å². The minimum absolute atomic E-state index is 0.0719. The first kappa shape index (κ1) is 12.1. The van der Waals surface area contributed by atoms with E-state index in [0.717, 1.165) is 12.0 Å². The summed E-state index contributed by atoms with van der Waals surface area (Å²) in [6.45, 7) is 0. The lowest BCUT2D eigenvalue weighted by Gasteiger charge is -2.15. The van der Waals surface area contributed by atoms with E-state index in [4.69, 9.17) is 6.42 Å². The number of anilines is 1. The summed E-state index contributed by atoms with van der Waals surface area (Å²) >= 11 is 0. The number of carbonyl (C=O) groups is 2. The molecular weight excluding hydrogens is 237 g/mol. The molecule has 1 aliphatic rings. The fourth-order valence-corrected chi connectivity index (χ4v) is 1.99. The van der Waals surface area contributed by atoms with Gasteiger partial charge in [0.1, 0.15) is 0 Å². The third-order valence-electron chi connectivity index (χ3n) is 2.96. The van der Waals surface area contributed by atoms with Crippen molar-refractivity contribution >= 4 is 17.6 Å². The lowest BCUT2D eigenvalue weighted by molar-refractivity contribution is -0.159. The topological polar surface area (TPSA) is 46.6 Å². The minimum Gasteiger partial charge on any atom is -0.466 e. The predicted octanol–water partition coefficient (Wildman–Crippen LogP) is 0.982. The maximum absolute atomic E-state index is 14.7. The average molecular weight is 247 g/mol. The van der Waals surface area contributed by atoms with Crippen LogP contribution in [0.25, 0.3) is 0 Å². The van der Waals surface area contributed by atoms with E-state index in [9.17, 15) is 14.0 Å². The second-order valence-electron chi connectivity index (χ2n) is 3.89. The maximum atomic E-state index is 14.7. The van der Waals surface area contributed by atoms with Crippen molar-refractivity contribution in [1.82, 2.24) is 0 Å². The number of ether oxygens (including phenoxy) is 1. The fraction of sp³-hybridized carbons (Fsp3) is 0.231. The number of terminal acetylenes is 1. The number of fused-ring (bicyclic) bond motifs is 1. The zero-order chi connectivity index (χ0) is 13.5. The SMILES string of the molecule is C#Cc1ccc2c(c1)C(F)(C(=O)OC)C(=O)N2C. The van der Waals surface area contributed by atoms with E-state index in [-0.39, 0.29) is 5.56 Å². The standard InChI is InChI=1S/C13H10FNO3/c1-4-8-5-6-10-9(7-8)13(14,12(17)18-3)11(16)15(10)2/h1,5-7H,2-3H3. The number of amides is 1. The molecule has 2 rings (SSSR count). The Balaban J connectivity index is 2.71. The third-order valence-corrected chi connectivity index (χ3v) is 2.96. The van der Waals surface area contributed by atoms with Crippen molar-refractivity contribution in [3.63, 3.8) is 0 Å². The molecule has 0 fully saturated rings. The van der Waals surface area contributed by atoms with Gasteiger partial charge in [0.15, 0.2) is 0 Å². The number of methoxy groups -OCH3 is 1. The van der Waals surface area contributed by atoms with Gasteiger partial charge in [0, 0.05) is 18.2 Å². The van der Waals surface area contributed by atoms with Gasteiger partial charge in [-0.3, -0.25) is 4.79 Å². The van der Waals surface area contributed by atoms with E-state index in [2.05, 4.69) is 10.7 Å². The summed E-state index contributed by atoms with van der Waals surface area (Å²) in [6, 6.07) is 4.39. The van der Waals surface area contributed by atoms with Crippen LogP contribution >= 0.6 is 0 Å². The van der Waals surface area contributed by atoms with Crippen molar-refractivity contribution in [3.05, 3.63) is 29.3 Å². The molecule has 0 saturated heterocycles. The van der Waals surface area contributed by atoms with Gasteiger partial charge in [-0.2, -0.15) is 0 Å². The van der Waals surface area contributed by atoms with Crippen LogP contribution in [-0.4, -0.2) is 26.0 Å². The highest BCUT2D eigenvalue weighted by Crippen LogP contribution is 2.43. The number of benzene rings is 1. The molecule has 1 amide bonds. The van der Waals surface area contributed by atoms with E-state index < -0.39 is 17.5 Å². The predicted molar refractivity (Wildman–Crippen MR) is 62.6 cm³/mol. The van der Waals surface area contributed by atoms with Gasteiger partial charge >= 0.3 is 11.6 Å². The van der Waals surface area contributed by atoms with E-state index in [1.165, 1.54) is 19.2 Å². The number of hydrogen-bond acceptors (Lipinski definition) is 3. The molecule has 0 saturated carbocycles. The van der Waals surface area contributed by atoms with Crippen molar-refractivity contribution in [2.75, 3.05) is 19.1 Å². The molecule has 0 spiro atoms. The molecule has 4 nitrogen and oxygen atoms in total. The Morgan fingerprint density at radius 3 is 2.78 bits per heavy atom. The highest BCUT2D eigenvalue weighted by molar-refractivity contribution is 6.18. The molecule has 1 aliphatic heterocycles. The Kier molecular flexibility index (Phi) is 2.59. The lowest BCUT2D eigenvalue weighted by atomic mass is 9.96. The smallest absolute Gasteiger partial charge is 0.358 e. The van der Waals surface area contributed by atoms with Crippen LogP contribution in [0, 0.1) is 12.3 Å². The van der Waals surface area contributed by atoms with Crippen LogP contribution in [0.1, 0.15) is 11.1 Å². The van der Waals surface area contributed by atoms with Crippen LogP contribution in [0.3, 0.4) is 0 Å². The number of carbonyl (C=O) groups excluding carboxylic acids is 2. The third kappa shape index (κ3) is 1.32. The minimum atomic E-state index is -2.81. The highest BCUT2D eigenvalue weighted by atomic mass is 19.1. The molecule has 1 heterocycles. The van der Waals surface area contributed by atoms with Crippen LogP contribution in [-0.2, 0) is 20.0 Å². The van der Waals surface area contributed by atoms with Gasteiger partial charge in [-0.1, -0.05) is 5.92 Å². The van der Waals surface area contributed by atoms with Crippen molar-refractivity contribution < 1.29 is 18.7 Å². The molecule has 1 unspecified atom stereocenters. The number of esters is 1. The quantitative estimate of drug-likeness (QED) is 0.422. The summed E-state index contributed by atoms with van der Waals surface area (Å²) in [7, 11) is 2.42. The Morgan fingerprint density at radius 1 is 1.56 bits per heavy atom. The number of halogens is 1. The zero-order valence-electron chi connectivity index (χ0n) is 9.86.